The fourth-order valence-corrected chi connectivity index (χ4v) is 1.61. The van der Waals surface area contributed by atoms with Crippen LogP contribution in [0.1, 0.15) is 37.7 Å². The predicted molar refractivity (Wildman–Crippen MR) is 72.0 cm³/mol. The van der Waals surface area contributed by atoms with Crippen LogP contribution < -0.4 is 11.1 Å². The van der Waals surface area contributed by atoms with Gasteiger partial charge in [0.05, 0.1) is 11.1 Å². The average molecular weight is 268 g/mol. The van der Waals surface area contributed by atoms with Crippen molar-refractivity contribution in [3.63, 3.8) is 0 Å². The summed E-state index contributed by atoms with van der Waals surface area (Å²) in [5, 5.41) is 13.4. The highest BCUT2D eigenvalue weighted by Crippen LogP contribution is 2.17. The lowest BCUT2D eigenvalue weighted by atomic mass is 10.1. The second-order valence-electron chi connectivity index (χ2n) is 5.21. The van der Waals surface area contributed by atoms with Gasteiger partial charge in [-0.15, -0.1) is 0 Å². The molecule has 3 N–H and O–H groups in total. The predicted octanol–water partition coefficient (Wildman–Crippen LogP) is 1.27. The Kier molecular flexibility index (Phi) is 4.66. The molecule has 1 aromatic heterocycles. The van der Waals surface area contributed by atoms with Crippen LogP contribution in [-0.4, -0.2) is 27.5 Å². The van der Waals surface area contributed by atoms with E-state index in [4.69, 9.17) is 5.73 Å². The Labute approximate surface area is 111 Å². The number of carbonyl (C=O) groups is 1. The number of carbonyl (C=O) groups excluding carboxylic acids is 1. The zero-order chi connectivity index (χ0) is 14.6. The summed E-state index contributed by atoms with van der Waals surface area (Å²) in [4.78, 5) is 22.3. The first kappa shape index (κ1) is 15.2. The highest BCUT2D eigenvalue weighted by molar-refractivity contribution is 5.93. The lowest BCUT2D eigenvalue weighted by Crippen LogP contribution is -2.45. The minimum absolute atomic E-state index is 0.0781. The van der Waals surface area contributed by atoms with E-state index in [1.807, 2.05) is 6.92 Å². The Morgan fingerprint density at radius 2 is 2.21 bits per heavy atom. The molecule has 0 atom stereocenters. The van der Waals surface area contributed by atoms with Crippen molar-refractivity contribution in [1.82, 2.24) is 9.88 Å². The second-order valence-corrected chi connectivity index (χ2v) is 5.21. The van der Waals surface area contributed by atoms with Crippen LogP contribution in [0.4, 0.5) is 5.69 Å². The molecule has 1 heterocycles. The first-order valence-electron chi connectivity index (χ1n) is 6.16. The number of aryl methyl sites for hydroxylation is 1. The topological polar surface area (TPSA) is 103 Å². The van der Waals surface area contributed by atoms with Gasteiger partial charge in [0.25, 0.3) is 11.6 Å². The summed E-state index contributed by atoms with van der Waals surface area (Å²) in [5.41, 5.74) is 5.47. The van der Waals surface area contributed by atoms with E-state index in [1.165, 1.54) is 12.3 Å². The number of hydrogen-bond acceptors (Lipinski definition) is 4. The molecule has 0 aliphatic carbocycles. The van der Waals surface area contributed by atoms with Crippen LogP contribution in [0.15, 0.2) is 12.3 Å². The number of hydrogen-bond donors (Lipinski definition) is 2. The Morgan fingerprint density at radius 1 is 1.58 bits per heavy atom. The van der Waals surface area contributed by atoms with Gasteiger partial charge in [-0.2, -0.15) is 0 Å². The summed E-state index contributed by atoms with van der Waals surface area (Å²) in [7, 11) is 0. The summed E-state index contributed by atoms with van der Waals surface area (Å²) >= 11 is 0. The van der Waals surface area contributed by atoms with E-state index in [-0.39, 0.29) is 17.3 Å². The zero-order valence-electron chi connectivity index (χ0n) is 11.5. The molecule has 7 heteroatoms. The van der Waals surface area contributed by atoms with Crippen molar-refractivity contribution in [3.8, 4) is 0 Å². The SMILES string of the molecule is CCCn1cc([N+](=O)[O-])cc1C(=O)NCC(C)(C)N. The molecular weight excluding hydrogens is 248 g/mol. The van der Waals surface area contributed by atoms with Gasteiger partial charge in [0.1, 0.15) is 5.69 Å². The van der Waals surface area contributed by atoms with Crippen LogP contribution >= 0.6 is 0 Å². The van der Waals surface area contributed by atoms with Gasteiger partial charge in [-0.1, -0.05) is 6.92 Å². The standard InChI is InChI=1S/C12H20N4O3/c1-4-5-15-7-9(16(18)19)6-10(15)11(17)14-8-12(2,3)13/h6-7H,4-5,8,13H2,1-3H3,(H,14,17). The van der Waals surface area contributed by atoms with Crippen LogP contribution in [0.2, 0.25) is 0 Å². The maximum Gasteiger partial charge on any atom is 0.287 e. The molecule has 19 heavy (non-hydrogen) atoms. The minimum Gasteiger partial charge on any atom is -0.349 e. The number of rotatable bonds is 6. The van der Waals surface area contributed by atoms with E-state index in [0.29, 0.717) is 13.1 Å². The Bertz CT molecular complexity index is 474. The largest absolute Gasteiger partial charge is 0.349 e. The summed E-state index contributed by atoms with van der Waals surface area (Å²) in [6.07, 6.45) is 2.17. The van der Waals surface area contributed by atoms with Crippen LogP contribution in [0.5, 0.6) is 0 Å². The molecule has 0 fully saturated rings. The van der Waals surface area contributed by atoms with Crippen molar-refractivity contribution in [1.29, 1.82) is 0 Å². The number of nitrogens with zero attached hydrogens (tertiary/aromatic N) is 2. The minimum atomic E-state index is -0.524. The number of aromatic nitrogens is 1. The molecule has 0 aliphatic rings. The first-order chi connectivity index (χ1) is 8.74. The molecule has 1 aromatic rings. The monoisotopic (exact) mass is 268 g/mol. The molecule has 0 aliphatic heterocycles. The Balaban J connectivity index is 2.91. The molecule has 0 saturated heterocycles. The average Bonchev–Trinajstić information content (AvgIpc) is 2.70. The van der Waals surface area contributed by atoms with E-state index < -0.39 is 10.5 Å². The summed E-state index contributed by atoms with van der Waals surface area (Å²) in [6.45, 7) is 6.39. The molecule has 0 spiro atoms. The first-order valence-corrected chi connectivity index (χ1v) is 6.16. The third-order valence-corrected chi connectivity index (χ3v) is 2.49. The summed E-state index contributed by atoms with van der Waals surface area (Å²) in [6, 6.07) is 1.29. The van der Waals surface area contributed by atoms with E-state index in [0.717, 1.165) is 6.42 Å². The van der Waals surface area contributed by atoms with Gasteiger partial charge < -0.3 is 15.6 Å². The molecular formula is C12H20N4O3. The lowest BCUT2D eigenvalue weighted by Gasteiger charge is -2.19. The second kappa shape index (κ2) is 5.83. The Morgan fingerprint density at radius 3 is 2.68 bits per heavy atom. The molecule has 7 nitrogen and oxygen atoms in total. The van der Waals surface area contributed by atoms with Crippen molar-refractivity contribution in [2.24, 2.45) is 5.73 Å². The molecule has 0 aromatic carbocycles. The fourth-order valence-electron chi connectivity index (χ4n) is 1.61. The van der Waals surface area contributed by atoms with Gasteiger partial charge in [0, 0.05) is 24.7 Å². The molecule has 106 valence electrons. The highest BCUT2D eigenvalue weighted by Gasteiger charge is 2.20. The van der Waals surface area contributed by atoms with Crippen molar-refractivity contribution in [3.05, 3.63) is 28.1 Å². The van der Waals surface area contributed by atoms with Crippen LogP contribution in [0.25, 0.3) is 0 Å². The lowest BCUT2D eigenvalue weighted by molar-refractivity contribution is -0.384. The smallest absolute Gasteiger partial charge is 0.287 e. The molecule has 0 saturated carbocycles. The molecule has 0 unspecified atom stereocenters. The Hall–Kier alpha value is -1.89. The van der Waals surface area contributed by atoms with Crippen molar-refractivity contribution < 1.29 is 9.72 Å². The van der Waals surface area contributed by atoms with Crippen molar-refractivity contribution in [2.45, 2.75) is 39.3 Å². The summed E-state index contributed by atoms with van der Waals surface area (Å²) in [5.74, 6) is -0.347. The molecule has 0 radical (unpaired) electrons. The van der Waals surface area contributed by atoms with E-state index in [9.17, 15) is 14.9 Å². The van der Waals surface area contributed by atoms with Gasteiger partial charge in [-0.25, -0.2) is 0 Å². The highest BCUT2D eigenvalue weighted by atomic mass is 16.6. The quantitative estimate of drug-likeness (QED) is 0.599. The van der Waals surface area contributed by atoms with Crippen LogP contribution in [0.3, 0.4) is 0 Å². The van der Waals surface area contributed by atoms with Gasteiger partial charge >= 0.3 is 0 Å². The molecule has 0 bridgehead atoms. The van der Waals surface area contributed by atoms with Crippen LogP contribution in [0, 0.1) is 10.1 Å². The third kappa shape index (κ3) is 4.36. The number of nitro groups is 1. The number of nitrogens with one attached hydrogen (secondary N) is 1. The van der Waals surface area contributed by atoms with Gasteiger partial charge in [0.2, 0.25) is 0 Å². The maximum absolute atomic E-state index is 12.0. The van der Waals surface area contributed by atoms with E-state index >= 15 is 0 Å². The van der Waals surface area contributed by atoms with Crippen molar-refractivity contribution >= 4 is 11.6 Å². The van der Waals surface area contributed by atoms with Gasteiger partial charge in [-0.05, 0) is 20.3 Å². The molecule has 1 amide bonds. The van der Waals surface area contributed by atoms with E-state index in [2.05, 4.69) is 5.32 Å². The van der Waals surface area contributed by atoms with Crippen LogP contribution in [-0.2, 0) is 6.54 Å². The normalized spacial score (nSPS) is 11.4. The van der Waals surface area contributed by atoms with Gasteiger partial charge in [0.15, 0.2) is 0 Å². The number of amides is 1. The maximum atomic E-state index is 12.0. The third-order valence-electron chi connectivity index (χ3n) is 2.49. The summed E-state index contributed by atoms with van der Waals surface area (Å²) < 4.78 is 1.59. The fraction of sp³-hybridized carbons (Fsp3) is 0.583. The van der Waals surface area contributed by atoms with Gasteiger partial charge in [-0.3, -0.25) is 14.9 Å². The zero-order valence-corrected chi connectivity index (χ0v) is 11.5. The van der Waals surface area contributed by atoms with Crippen molar-refractivity contribution in [2.75, 3.05) is 6.54 Å². The van der Waals surface area contributed by atoms with E-state index in [1.54, 1.807) is 18.4 Å². The number of nitrogens with two attached hydrogens (primary N) is 1. The molecule has 1 rings (SSSR count).